The molecular weight excluding hydrogens is 198 g/mol. The van der Waals surface area contributed by atoms with Crippen LogP contribution in [0.3, 0.4) is 0 Å². The molecule has 1 aromatic heterocycles. The molecule has 1 aliphatic rings. The lowest BCUT2D eigenvalue weighted by molar-refractivity contribution is 0.439. The third-order valence-corrected chi connectivity index (χ3v) is 3.25. The van der Waals surface area contributed by atoms with E-state index in [1.165, 1.54) is 11.1 Å². The average Bonchev–Trinajstić information content (AvgIpc) is 2.68. The van der Waals surface area contributed by atoms with Crippen LogP contribution in [0.4, 0.5) is 0 Å². The fourth-order valence-corrected chi connectivity index (χ4v) is 2.57. The summed E-state index contributed by atoms with van der Waals surface area (Å²) < 4.78 is 2.30. The Balaban J connectivity index is 2.40. The number of nitrogens with one attached hydrogen (secondary N) is 1. The molecule has 2 heterocycles. The van der Waals surface area contributed by atoms with Crippen molar-refractivity contribution in [3.8, 4) is 6.07 Å². The maximum atomic E-state index is 9.16. The minimum absolute atomic E-state index is 0.413. The SMILES string of the molecule is C[C@@H]1CNCc2cc3cccc(C#N)c3n21. The Kier molecular flexibility index (Phi) is 1.98. The van der Waals surface area contributed by atoms with Gasteiger partial charge in [0, 0.05) is 30.2 Å². The molecule has 0 fully saturated rings. The smallest absolute Gasteiger partial charge is 0.101 e. The zero-order valence-corrected chi connectivity index (χ0v) is 9.20. The molecule has 0 aliphatic carbocycles. The van der Waals surface area contributed by atoms with E-state index in [9.17, 15) is 0 Å². The number of nitriles is 1. The van der Waals surface area contributed by atoms with E-state index in [0.717, 1.165) is 24.2 Å². The Morgan fingerprint density at radius 1 is 1.50 bits per heavy atom. The van der Waals surface area contributed by atoms with Gasteiger partial charge in [-0.15, -0.1) is 0 Å². The normalized spacial score (nSPS) is 19.4. The molecule has 16 heavy (non-hydrogen) atoms. The summed E-state index contributed by atoms with van der Waals surface area (Å²) in [6.45, 7) is 4.05. The second kappa shape index (κ2) is 3.36. The highest BCUT2D eigenvalue weighted by molar-refractivity contribution is 5.86. The van der Waals surface area contributed by atoms with Crippen LogP contribution in [0, 0.1) is 11.3 Å². The second-order valence-electron chi connectivity index (χ2n) is 4.34. The molecule has 1 atom stereocenters. The summed E-state index contributed by atoms with van der Waals surface area (Å²) in [6, 6.07) is 10.8. The van der Waals surface area contributed by atoms with Crippen LogP contribution in [0.25, 0.3) is 10.9 Å². The molecule has 0 bridgehead atoms. The molecule has 0 saturated carbocycles. The number of benzene rings is 1. The highest BCUT2D eigenvalue weighted by Crippen LogP contribution is 2.28. The summed E-state index contributed by atoms with van der Waals surface area (Å²) in [6.07, 6.45) is 0. The van der Waals surface area contributed by atoms with Gasteiger partial charge in [0.25, 0.3) is 0 Å². The van der Waals surface area contributed by atoms with E-state index in [1.807, 2.05) is 12.1 Å². The zero-order chi connectivity index (χ0) is 11.1. The molecule has 0 amide bonds. The Hall–Kier alpha value is -1.79. The number of aromatic nitrogens is 1. The van der Waals surface area contributed by atoms with Crippen LogP contribution in [0.5, 0.6) is 0 Å². The van der Waals surface area contributed by atoms with E-state index < -0.39 is 0 Å². The van der Waals surface area contributed by atoms with Crippen molar-refractivity contribution in [1.82, 2.24) is 9.88 Å². The first-order chi connectivity index (χ1) is 7.81. The molecule has 0 spiro atoms. The van der Waals surface area contributed by atoms with E-state index in [4.69, 9.17) is 5.26 Å². The van der Waals surface area contributed by atoms with E-state index >= 15 is 0 Å². The number of fused-ring (bicyclic) bond motifs is 3. The Bertz CT molecular complexity index is 589. The Labute approximate surface area is 94.3 Å². The monoisotopic (exact) mass is 211 g/mol. The molecule has 1 aliphatic heterocycles. The molecule has 0 unspecified atom stereocenters. The minimum Gasteiger partial charge on any atom is -0.338 e. The van der Waals surface area contributed by atoms with Gasteiger partial charge in [-0.2, -0.15) is 5.26 Å². The first kappa shape index (κ1) is 9.44. The first-order valence-corrected chi connectivity index (χ1v) is 5.55. The van der Waals surface area contributed by atoms with Crippen molar-refractivity contribution in [2.24, 2.45) is 0 Å². The lowest BCUT2D eigenvalue weighted by Crippen LogP contribution is -2.31. The summed E-state index contributed by atoms with van der Waals surface area (Å²) in [5.41, 5.74) is 3.14. The second-order valence-corrected chi connectivity index (χ2v) is 4.34. The van der Waals surface area contributed by atoms with Crippen molar-refractivity contribution in [2.45, 2.75) is 19.5 Å². The average molecular weight is 211 g/mol. The van der Waals surface area contributed by atoms with Crippen molar-refractivity contribution in [1.29, 1.82) is 5.26 Å². The molecule has 80 valence electrons. The molecule has 1 aromatic carbocycles. The molecule has 3 heteroatoms. The third kappa shape index (κ3) is 1.17. The van der Waals surface area contributed by atoms with Crippen molar-refractivity contribution in [2.75, 3.05) is 6.54 Å². The molecule has 2 aromatic rings. The van der Waals surface area contributed by atoms with Gasteiger partial charge in [-0.05, 0) is 19.1 Å². The van der Waals surface area contributed by atoms with Crippen LogP contribution in [-0.2, 0) is 6.54 Å². The third-order valence-electron chi connectivity index (χ3n) is 3.25. The first-order valence-electron chi connectivity index (χ1n) is 5.55. The van der Waals surface area contributed by atoms with Gasteiger partial charge in [-0.3, -0.25) is 0 Å². The minimum atomic E-state index is 0.413. The number of rotatable bonds is 0. The lowest BCUT2D eigenvalue weighted by atomic mass is 10.1. The van der Waals surface area contributed by atoms with Crippen LogP contribution in [-0.4, -0.2) is 11.1 Å². The molecule has 0 radical (unpaired) electrons. The van der Waals surface area contributed by atoms with E-state index in [2.05, 4.69) is 35.0 Å². The van der Waals surface area contributed by atoms with Gasteiger partial charge < -0.3 is 9.88 Å². The molecule has 1 N–H and O–H groups in total. The molecule has 0 saturated heterocycles. The van der Waals surface area contributed by atoms with Crippen molar-refractivity contribution in [3.63, 3.8) is 0 Å². The molecular formula is C13H13N3. The maximum absolute atomic E-state index is 9.16. The lowest BCUT2D eigenvalue weighted by Gasteiger charge is -2.24. The fraction of sp³-hybridized carbons (Fsp3) is 0.308. The number of hydrogen-bond acceptors (Lipinski definition) is 2. The van der Waals surface area contributed by atoms with Gasteiger partial charge in [-0.25, -0.2) is 0 Å². The molecule has 3 rings (SSSR count). The van der Waals surface area contributed by atoms with Crippen molar-refractivity contribution >= 4 is 10.9 Å². The van der Waals surface area contributed by atoms with Gasteiger partial charge in [0.2, 0.25) is 0 Å². The van der Waals surface area contributed by atoms with Crippen LogP contribution in [0.15, 0.2) is 24.3 Å². The summed E-state index contributed by atoms with van der Waals surface area (Å²) >= 11 is 0. The largest absolute Gasteiger partial charge is 0.338 e. The zero-order valence-electron chi connectivity index (χ0n) is 9.20. The molecule has 3 nitrogen and oxygen atoms in total. The van der Waals surface area contributed by atoms with Gasteiger partial charge >= 0.3 is 0 Å². The van der Waals surface area contributed by atoms with Crippen LogP contribution < -0.4 is 5.32 Å². The van der Waals surface area contributed by atoms with E-state index in [0.29, 0.717) is 6.04 Å². The Morgan fingerprint density at radius 3 is 3.19 bits per heavy atom. The van der Waals surface area contributed by atoms with Gasteiger partial charge in [0.05, 0.1) is 11.1 Å². The summed E-state index contributed by atoms with van der Waals surface area (Å²) in [5.74, 6) is 0. The summed E-state index contributed by atoms with van der Waals surface area (Å²) in [7, 11) is 0. The van der Waals surface area contributed by atoms with Crippen LogP contribution in [0.1, 0.15) is 24.2 Å². The maximum Gasteiger partial charge on any atom is 0.101 e. The van der Waals surface area contributed by atoms with Crippen LogP contribution >= 0.6 is 0 Å². The number of para-hydroxylation sites is 1. The fourth-order valence-electron chi connectivity index (χ4n) is 2.57. The Morgan fingerprint density at radius 2 is 2.38 bits per heavy atom. The standard InChI is InChI=1S/C13H13N3/c1-9-7-15-8-12-5-10-3-2-4-11(6-14)13(10)16(9)12/h2-5,9,15H,7-8H2,1H3/t9-/m1/s1. The van der Waals surface area contributed by atoms with Gasteiger partial charge in [0.15, 0.2) is 0 Å². The highest BCUT2D eigenvalue weighted by atomic mass is 15.1. The van der Waals surface area contributed by atoms with Crippen molar-refractivity contribution in [3.05, 3.63) is 35.5 Å². The van der Waals surface area contributed by atoms with E-state index in [-0.39, 0.29) is 0 Å². The van der Waals surface area contributed by atoms with E-state index in [1.54, 1.807) is 0 Å². The quantitative estimate of drug-likeness (QED) is 0.725. The van der Waals surface area contributed by atoms with Crippen molar-refractivity contribution < 1.29 is 0 Å². The summed E-state index contributed by atoms with van der Waals surface area (Å²) in [4.78, 5) is 0. The van der Waals surface area contributed by atoms with Gasteiger partial charge in [0.1, 0.15) is 6.07 Å². The van der Waals surface area contributed by atoms with Gasteiger partial charge in [-0.1, -0.05) is 12.1 Å². The predicted octanol–water partition coefficient (Wildman–Crippen LogP) is 2.18. The number of nitrogens with zero attached hydrogens (tertiary/aromatic N) is 2. The topological polar surface area (TPSA) is 40.8 Å². The summed E-state index contributed by atoms with van der Waals surface area (Å²) in [5, 5.41) is 13.7. The number of hydrogen-bond donors (Lipinski definition) is 1. The highest BCUT2D eigenvalue weighted by Gasteiger charge is 2.19. The predicted molar refractivity (Wildman–Crippen MR) is 63.1 cm³/mol. The van der Waals surface area contributed by atoms with Crippen LogP contribution in [0.2, 0.25) is 0 Å².